The molecule has 0 radical (unpaired) electrons. The molecule has 96 valence electrons. The maximum Gasteiger partial charge on any atom is 0.0589 e. The van der Waals surface area contributed by atoms with Crippen LogP contribution >= 0.6 is 23.2 Å². The zero-order chi connectivity index (χ0) is 12.7. The summed E-state index contributed by atoms with van der Waals surface area (Å²) in [7, 11) is 1.66. The molecular formula is C12H17Cl2NO2. The van der Waals surface area contributed by atoms with Crippen molar-refractivity contribution in [3.05, 3.63) is 33.8 Å². The Morgan fingerprint density at radius 1 is 1.29 bits per heavy atom. The topological polar surface area (TPSA) is 32.7 Å². The van der Waals surface area contributed by atoms with Gasteiger partial charge < -0.3 is 9.84 Å². The van der Waals surface area contributed by atoms with Crippen LogP contribution in [0.1, 0.15) is 5.56 Å². The fraction of sp³-hybridized carbons (Fsp3) is 0.500. The van der Waals surface area contributed by atoms with E-state index in [1.807, 2.05) is 6.07 Å². The van der Waals surface area contributed by atoms with E-state index in [0.717, 1.165) is 12.1 Å². The van der Waals surface area contributed by atoms with Crippen molar-refractivity contribution in [1.82, 2.24) is 4.90 Å². The van der Waals surface area contributed by atoms with Crippen molar-refractivity contribution in [2.75, 3.05) is 33.4 Å². The Morgan fingerprint density at radius 2 is 2.06 bits per heavy atom. The molecule has 0 unspecified atom stereocenters. The number of methoxy groups -OCH3 is 1. The first kappa shape index (κ1) is 14.7. The van der Waals surface area contributed by atoms with Gasteiger partial charge in [0.2, 0.25) is 0 Å². The number of aliphatic hydroxyl groups excluding tert-OH is 1. The minimum atomic E-state index is 0.113. The smallest absolute Gasteiger partial charge is 0.0589 e. The molecular weight excluding hydrogens is 261 g/mol. The molecule has 1 aromatic carbocycles. The van der Waals surface area contributed by atoms with Crippen LogP contribution in [0.25, 0.3) is 0 Å². The van der Waals surface area contributed by atoms with Gasteiger partial charge in [-0.05, 0) is 23.8 Å². The molecule has 0 heterocycles. The van der Waals surface area contributed by atoms with Crippen molar-refractivity contribution in [1.29, 1.82) is 0 Å². The maximum atomic E-state index is 9.00. The van der Waals surface area contributed by atoms with Crippen molar-refractivity contribution in [2.45, 2.75) is 6.54 Å². The van der Waals surface area contributed by atoms with E-state index in [9.17, 15) is 0 Å². The molecule has 1 rings (SSSR count). The number of halogens is 2. The molecule has 0 aromatic heterocycles. The van der Waals surface area contributed by atoms with E-state index in [2.05, 4.69) is 4.90 Å². The number of hydrogen-bond donors (Lipinski definition) is 1. The standard InChI is InChI=1S/C12H17Cl2NO2/c1-17-7-5-15(4-6-16)9-10-8-11(13)2-3-12(10)14/h2-3,8,16H,4-7,9H2,1H3. The molecule has 0 amide bonds. The number of rotatable bonds is 7. The van der Waals surface area contributed by atoms with Gasteiger partial charge in [0.1, 0.15) is 0 Å². The molecule has 0 aliphatic rings. The second-order valence-corrected chi connectivity index (χ2v) is 4.57. The SMILES string of the molecule is COCCN(CCO)Cc1cc(Cl)ccc1Cl. The van der Waals surface area contributed by atoms with Crippen LogP contribution in [0.3, 0.4) is 0 Å². The molecule has 0 spiro atoms. The summed E-state index contributed by atoms with van der Waals surface area (Å²) < 4.78 is 5.03. The van der Waals surface area contributed by atoms with Gasteiger partial charge in [0, 0.05) is 36.8 Å². The van der Waals surface area contributed by atoms with Gasteiger partial charge in [0.05, 0.1) is 13.2 Å². The third-order valence-corrected chi connectivity index (χ3v) is 3.03. The molecule has 0 bridgehead atoms. The van der Waals surface area contributed by atoms with Gasteiger partial charge in [0.15, 0.2) is 0 Å². The zero-order valence-electron chi connectivity index (χ0n) is 9.83. The van der Waals surface area contributed by atoms with Crippen LogP contribution in [0, 0.1) is 0 Å². The number of benzene rings is 1. The van der Waals surface area contributed by atoms with Crippen molar-refractivity contribution in [3.8, 4) is 0 Å². The fourth-order valence-electron chi connectivity index (χ4n) is 1.54. The summed E-state index contributed by atoms with van der Waals surface area (Å²) in [6.45, 7) is 2.73. The number of ether oxygens (including phenoxy) is 1. The van der Waals surface area contributed by atoms with Crippen molar-refractivity contribution >= 4 is 23.2 Å². The molecule has 1 aromatic rings. The van der Waals surface area contributed by atoms with Crippen LogP contribution in [0.2, 0.25) is 10.0 Å². The summed E-state index contributed by atoms with van der Waals surface area (Å²) in [6.07, 6.45) is 0. The number of aliphatic hydroxyl groups is 1. The summed E-state index contributed by atoms with van der Waals surface area (Å²) >= 11 is 12.0. The molecule has 0 atom stereocenters. The molecule has 17 heavy (non-hydrogen) atoms. The minimum Gasteiger partial charge on any atom is -0.395 e. The van der Waals surface area contributed by atoms with Crippen LogP contribution in [0.4, 0.5) is 0 Å². The van der Waals surface area contributed by atoms with Crippen molar-refractivity contribution < 1.29 is 9.84 Å². The van der Waals surface area contributed by atoms with E-state index in [-0.39, 0.29) is 6.61 Å². The van der Waals surface area contributed by atoms with Gasteiger partial charge in [-0.3, -0.25) is 4.90 Å². The Labute approximate surface area is 112 Å². The van der Waals surface area contributed by atoms with Crippen molar-refractivity contribution in [2.24, 2.45) is 0 Å². The van der Waals surface area contributed by atoms with Crippen LogP contribution in [-0.4, -0.2) is 43.4 Å². The molecule has 0 aliphatic carbocycles. The Bertz CT molecular complexity index is 347. The molecule has 1 N–H and O–H groups in total. The Kier molecular flexibility index (Phi) is 6.85. The third-order valence-electron chi connectivity index (χ3n) is 2.43. The monoisotopic (exact) mass is 277 g/mol. The van der Waals surface area contributed by atoms with Crippen LogP contribution < -0.4 is 0 Å². The van der Waals surface area contributed by atoms with Crippen LogP contribution in [0.15, 0.2) is 18.2 Å². The van der Waals surface area contributed by atoms with E-state index < -0.39 is 0 Å². The lowest BCUT2D eigenvalue weighted by atomic mass is 10.2. The normalized spacial score (nSPS) is 11.1. The van der Waals surface area contributed by atoms with Gasteiger partial charge in [0.25, 0.3) is 0 Å². The molecule has 3 nitrogen and oxygen atoms in total. The van der Waals surface area contributed by atoms with E-state index in [0.29, 0.717) is 29.7 Å². The lowest BCUT2D eigenvalue weighted by Crippen LogP contribution is -2.29. The average Bonchev–Trinajstić information content (AvgIpc) is 2.31. The second-order valence-electron chi connectivity index (χ2n) is 3.73. The molecule has 0 saturated carbocycles. The average molecular weight is 278 g/mol. The summed E-state index contributed by atoms with van der Waals surface area (Å²) in [4.78, 5) is 2.07. The first-order valence-electron chi connectivity index (χ1n) is 5.43. The Balaban J connectivity index is 2.67. The van der Waals surface area contributed by atoms with E-state index in [1.54, 1.807) is 19.2 Å². The van der Waals surface area contributed by atoms with E-state index in [4.69, 9.17) is 33.0 Å². The summed E-state index contributed by atoms with van der Waals surface area (Å²) in [5.74, 6) is 0. The van der Waals surface area contributed by atoms with Crippen LogP contribution in [-0.2, 0) is 11.3 Å². The highest BCUT2D eigenvalue weighted by atomic mass is 35.5. The molecule has 0 saturated heterocycles. The highest BCUT2D eigenvalue weighted by Gasteiger charge is 2.08. The van der Waals surface area contributed by atoms with E-state index in [1.165, 1.54) is 0 Å². The first-order chi connectivity index (χ1) is 8.17. The summed E-state index contributed by atoms with van der Waals surface area (Å²) in [5.41, 5.74) is 0.962. The third kappa shape index (κ3) is 5.23. The lowest BCUT2D eigenvalue weighted by Gasteiger charge is -2.21. The Morgan fingerprint density at radius 3 is 2.71 bits per heavy atom. The molecule has 0 aliphatic heterocycles. The molecule has 0 fully saturated rings. The quantitative estimate of drug-likeness (QED) is 0.831. The van der Waals surface area contributed by atoms with E-state index >= 15 is 0 Å². The van der Waals surface area contributed by atoms with Gasteiger partial charge in [-0.25, -0.2) is 0 Å². The maximum absolute atomic E-state index is 9.00. The predicted molar refractivity (Wildman–Crippen MR) is 70.7 cm³/mol. The summed E-state index contributed by atoms with van der Waals surface area (Å²) in [6, 6.07) is 5.40. The van der Waals surface area contributed by atoms with Gasteiger partial charge in [-0.2, -0.15) is 0 Å². The Hall–Kier alpha value is -0.320. The largest absolute Gasteiger partial charge is 0.395 e. The highest BCUT2D eigenvalue weighted by Crippen LogP contribution is 2.21. The fourth-order valence-corrected chi connectivity index (χ4v) is 1.91. The highest BCUT2D eigenvalue weighted by molar-refractivity contribution is 6.33. The van der Waals surface area contributed by atoms with Gasteiger partial charge in [-0.15, -0.1) is 0 Å². The first-order valence-corrected chi connectivity index (χ1v) is 6.19. The lowest BCUT2D eigenvalue weighted by molar-refractivity contribution is 0.127. The predicted octanol–water partition coefficient (Wildman–Crippen LogP) is 2.43. The second kappa shape index (κ2) is 7.90. The molecule has 5 heteroatoms. The van der Waals surface area contributed by atoms with Gasteiger partial charge in [-0.1, -0.05) is 23.2 Å². The van der Waals surface area contributed by atoms with Crippen LogP contribution in [0.5, 0.6) is 0 Å². The number of hydrogen-bond acceptors (Lipinski definition) is 3. The van der Waals surface area contributed by atoms with Crippen molar-refractivity contribution in [3.63, 3.8) is 0 Å². The minimum absolute atomic E-state index is 0.113. The number of nitrogens with zero attached hydrogens (tertiary/aromatic N) is 1. The van der Waals surface area contributed by atoms with Gasteiger partial charge >= 0.3 is 0 Å². The zero-order valence-corrected chi connectivity index (χ0v) is 11.3. The summed E-state index contributed by atoms with van der Waals surface area (Å²) in [5, 5.41) is 10.4.